The minimum absolute atomic E-state index is 0.00189. The molecule has 1 unspecified atom stereocenters. The molecule has 0 saturated heterocycles. The maximum Gasteiger partial charge on any atom is 0.161 e. The van der Waals surface area contributed by atoms with E-state index < -0.39 is 0 Å². The molecule has 0 aliphatic heterocycles. The Bertz CT molecular complexity index is 624. The molecule has 5 nitrogen and oxygen atoms in total. The van der Waals surface area contributed by atoms with E-state index in [1.165, 1.54) is 0 Å². The lowest BCUT2D eigenvalue weighted by molar-refractivity contribution is 0.0881. The summed E-state index contributed by atoms with van der Waals surface area (Å²) in [5.41, 5.74) is 2.00. The Hall–Kier alpha value is -2.24. The minimum Gasteiger partial charge on any atom is -0.497 e. The van der Waals surface area contributed by atoms with Crippen LogP contribution in [0.5, 0.6) is 17.2 Å². The lowest BCUT2D eigenvalue weighted by atomic mass is 10.0. The van der Waals surface area contributed by atoms with E-state index in [1.54, 1.807) is 21.3 Å². The zero-order valence-electron chi connectivity index (χ0n) is 14.3. The van der Waals surface area contributed by atoms with Crippen LogP contribution in [-0.4, -0.2) is 39.6 Å². The van der Waals surface area contributed by atoms with Gasteiger partial charge in [0.2, 0.25) is 0 Å². The van der Waals surface area contributed by atoms with E-state index in [1.807, 2.05) is 42.5 Å². The molecule has 0 aliphatic rings. The van der Waals surface area contributed by atoms with Gasteiger partial charge in [0.15, 0.2) is 11.5 Å². The van der Waals surface area contributed by atoms with Crippen molar-refractivity contribution in [3.8, 4) is 17.2 Å². The summed E-state index contributed by atoms with van der Waals surface area (Å²) in [7, 11) is 4.83. The van der Waals surface area contributed by atoms with Gasteiger partial charge in [-0.05, 0) is 35.4 Å². The third-order valence-electron chi connectivity index (χ3n) is 3.85. The molecule has 0 saturated carbocycles. The van der Waals surface area contributed by atoms with E-state index in [-0.39, 0.29) is 12.5 Å². The second kappa shape index (κ2) is 9.15. The van der Waals surface area contributed by atoms with Gasteiger partial charge in [-0.2, -0.15) is 0 Å². The summed E-state index contributed by atoms with van der Waals surface area (Å²) in [5, 5.41) is 9.67. The predicted molar refractivity (Wildman–Crippen MR) is 92.0 cm³/mol. The lowest BCUT2D eigenvalue weighted by Crippen LogP contribution is -2.12. The molecule has 0 fully saturated rings. The van der Waals surface area contributed by atoms with Crippen molar-refractivity contribution in [2.24, 2.45) is 0 Å². The first-order chi connectivity index (χ1) is 11.7. The number of rotatable bonds is 9. The van der Waals surface area contributed by atoms with Crippen LogP contribution < -0.4 is 14.2 Å². The van der Waals surface area contributed by atoms with Gasteiger partial charge < -0.3 is 24.1 Å². The smallest absolute Gasteiger partial charge is 0.161 e. The highest BCUT2D eigenvalue weighted by Gasteiger charge is 2.14. The van der Waals surface area contributed by atoms with Crippen molar-refractivity contribution in [1.82, 2.24) is 0 Å². The Kier molecular flexibility index (Phi) is 6.90. The molecule has 24 heavy (non-hydrogen) atoms. The Balaban J connectivity index is 1.96. The highest BCUT2D eigenvalue weighted by molar-refractivity contribution is 5.44. The van der Waals surface area contributed by atoms with Crippen LogP contribution in [0.2, 0.25) is 0 Å². The van der Waals surface area contributed by atoms with Crippen molar-refractivity contribution in [2.75, 3.05) is 34.5 Å². The number of aliphatic hydroxyl groups excluding tert-OH is 1. The van der Waals surface area contributed by atoms with Crippen molar-refractivity contribution in [3.05, 3.63) is 53.6 Å². The first-order valence-electron chi connectivity index (χ1n) is 7.75. The molecule has 2 aromatic carbocycles. The highest BCUT2D eigenvalue weighted by atomic mass is 16.5. The van der Waals surface area contributed by atoms with Crippen LogP contribution in [0.25, 0.3) is 0 Å². The van der Waals surface area contributed by atoms with Crippen LogP contribution in [0.4, 0.5) is 0 Å². The summed E-state index contributed by atoms with van der Waals surface area (Å²) in [6.07, 6.45) is 0. The Labute approximate surface area is 142 Å². The molecule has 2 rings (SSSR count). The summed E-state index contributed by atoms with van der Waals surface area (Å²) in [4.78, 5) is 0. The number of methoxy groups -OCH3 is 3. The molecule has 1 atom stereocenters. The van der Waals surface area contributed by atoms with Crippen molar-refractivity contribution >= 4 is 0 Å². The molecule has 130 valence electrons. The van der Waals surface area contributed by atoms with Gasteiger partial charge >= 0.3 is 0 Å². The molecule has 0 aromatic heterocycles. The fourth-order valence-corrected chi connectivity index (χ4v) is 2.40. The van der Waals surface area contributed by atoms with Crippen LogP contribution in [-0.2, 0) is 11.3 Å². The average Bonchev–Trinajstić information content (AvgIpc) is 2.65. The van der Waals surface area contributed by atoms with Gasteiger partial charge in [-0.15, -0.1) is 0 Å². The van der Waals surface area contributed by atoms with Crippen LogP contribution in [0.1, 0.15) is 17.0 Å². The van der Waals surface area contributed by atoms with Crippen LogP contribution in [0, 0.1) is 0 Å². The quantitative estimate of drug-likeness (QED) is 0.765. The predicted octanol–water partition coefficient (Wildman–Crippen LogP) is 3.01. The summed E-state index contributed by atoms with van der Waals surface area (Å²) in [6, 6.07) is 13.3. The maximum absolute atomic E-state index is 9.67. The van der Waals surface area contributed by atoms with Gasteiger partial charge in [-0.25, -0.2) is 0 Å². The van der Waals surface area contributed by atoms with E-state index in [0.717, 1.165) is 16.9 Å². The fourth-order valence-electron chi connectivity index (χ4n) is 2.40. The molecule has 0 radical (unpaired) electrons. The van der Waals surface area contributed by atoms with Crippen LogP contribution in [0.15, 0.2) is 42.5 Å². The SMILES string of the molecule is COc1ccc(COCC(CO)c2ccc(OC)c(OC)c2)cc1. The van der Waals surface area contributed by atoms with E-state index in [0.29, 0.717) is 24.7 Å². The van der Waals surface area contributed by atoms with Gasteiger partial charge in [0.25, 0.3) is 0 Å². The summed E-state index contributed by atoms with van der Waals surface area (Å²) in [5.74, 6) is 2.00. The van der Waals surface area contributed by atoms with E-state index >= 15 is 0 Å². The molecule has 1 N–H and O–H groups in total. The third kappa shape index (κ3) is 4.63. The first kappa shape index (κ1) is 18.1. The fraction of sp³-hybridized carbons (Fsp3) is 0.368. The number of aliphatic hydroxyl groups is 1. The first-order valence-corrected chi connectivity index (χ1v) is 7.75. The topological polar surface area (TPSA) is 57.2 Å². The standard InChI is InChI=1S/C19H24O5/c1-21-17-7-4-14(5-8-17)12-24-13-16(11-20)15-6-9-18(22-2)19(10-15)23-3/h4-10,16,20H,11-13H2,1-3H3. The summed E-state index contributed by atoms with van der Waals surface area (Å²) in [6.45, 7) is 0.893. The summed E-state index contributed by atoms with van der Waals surface area (Å²) >= 11 is 0. The van der Waals surface area contributed by atoms with Crippen LogP contribution >= 0.6 is 0 Å². The van der Waals surface area contributed by atoms with Crippen molar-refractivity contribution in [1.29, 1.82) is 0 Å². The second-order valence-corrected chi connectivity index (χ2v) is 5.36. The van der Waals surface area contributed by atoms with Gasteiger partial charge in [0.1, 0.15) is 5.75 Å². The van der Waals surface area contributed by atoms with Crippen molar-refractivity contribution in [3.63, 3.8) is 0 Å². The maximum atomic E-state index is 9.67. The number of ether oxygens (including phenoxy) is 4. The summed E-state index contributed by atoms with van der Waals surface area (Å²) < 4.78 is 21.4. The normalized spacial score (nSPS) is 11.8. The van der Waals surface area contributed by atoms with Gasteiger partial charge in [0, 0.05) is 5.92 Å². The molecule has 0 aliphatic carbocycles. The zero-order chi connectivity index (χ0) is 17.4. The van der Waals surface area contributed by atoms with Crippen molar-refractivity contribution in [2.45, 2.75) is 12.5 Å². The highest BCUT2D eigenvalue weighted by Crippen LogP contribution is 2.30. The van der Waals surface area contributed by atoms with Crippen molar-refractivity contribution < 1.29 is 24.1 Å². The molecule has 5 heteroatoms. The van der Waals surface area contributed by atoms with Gasteiger partial charge in [-0.3, -0.25) is 0 Å². The molecule has 2 aromatic rings. The lowest BCUT2D eigenvalue weighted by Gasteiger charge is -2.17. The number of hydrogen-bond acceptors (Lipinski definition) is 5. The average molecular weight is 332 g/mol. The van der Waals surface area contributed by atoms with Gasteiger partial charge in [0.05, 0.1) is 41.2 Å². The number of hydrogen-bond donors (Lipinski definition) is 1. The third-order valence-corrected chi connectivity index (χ3v) is 3.85. The Morgan fingerprint density at radius 3 is 2.17 bits per heavy atom. The molecular formula is C19H24O5. The number of benzene rings is 2. The molecule has 0 amide bonds. The molecule has 0 heterocycles. The monoisotopic (exact) mass is 332 g/mol. The van der Waals surface area contributed by atoms with E-state index in [2.05, 4.69) is 0 Å². The zero-order valence-corrected chi connectivity index (χ0v) is 14.3. The molecule has 0 spiro atoms. The Morgan fingerprint density at radius 2 is 1.58 bits per heavy atom. The van der Waals surface area contributed by atoms with Crippen LogP contribution in [0.3, 0.4) is 0 Å². The molecule has 0 bridgehead atoms. The largest absolute Gasteiger partial charge is 0.497 e. The second-order valence-electron chi connectivity index (χ2n) is 5.36. The Morgan fingerprint density at radius 1 is 0.875 bits per heavy atom. The minimum atomic E-state index is -0.122. The van der Waals surface area contributed by atoms with E-state index in [9.17, 15) is 5.11 Å². The molecular weight excluding hydrogens is 308 g/mol. The van der Waals surface area contributed by atoms with E-state index in [4.69, 9.17) is 18.9 Å². The van der Waals surface area contributed by atoms with Gasteiger partial charge in [-0.1, -0.05) is 18.2 Å².